The highest BCUT2D eigenvalue weighted by Gasteiger charge is 2.25. The van der Waals surface area contributed by atoms with Crippen LogP contribution in [0.3, 0.4) is 0 Å². The average Bonchev–Trinajstić information content (AvgIpc) is 2.14. The molecular weight excluding hydrogens is 270 g/mol. The van der Waals surface area contributed by atoms with Crippen LogP contribution in [-0.4, -0.2) is 21.6 Å². The quantitative estimate of drug-likeness (QED) is 0.900. The summed E-state index contributed by atoms with van der Waals surface area (Å²) >= 11 is 3.35. The lowest BCUT2D eigenvalue weighted by Gasteiger charge is -2.33. The Balaban J connectivity index is 2.84. The second kappa shape index (κ2) is 4.87. The van der Waals surface area contributed by atoms with Gasteiger partial charge in [0.1, 0.15) is 0 Å². The number of nitrogens with zero attached hydrogens (tertiary/aromatic N) is 1. The van der Waals surface area contributed by atoms with Crippen LogP contribution in [0.5, 0.6) is 0 Å². The predicted molar refractivity (Wildman–Crippen MR) is 67.5 cm³/mol. The Morgan fingerprint density at radius 1 is 1.31 bits per heavy atom. The van der Waals surface area contributed by atoms with E-state index in [2.05, 4.69) is 15.9 Å². The molecule has 0 spiro atoms. The molecule has 1 rings (SSSR count). The first-order chi connectivity index (χ1) is 7.30. The molecule has 0 saturated carbocycles. The van der Waals surface area contributed by atoms with E-state index in [9.17, 15) is 4.79 Å². The Bertz CT molecular complexity index is 368. The first-order valence-electron chi connectivity index (χ1n) is 5.06. The summed E-state index contributed by atoms with van der Waals surface area (Å²) < 4.78 is 0.994. The fourth-order valence-corrected chi connectivity index (χ4v) is 1.63. The minimum atomic E-state index is -0.893. The predicted octanol–water partition coefficient (Wildman–Crippen LogP) is 3.73. The number of rotatable bonds is 2. The van der Waals surface area contributed by atoms with Gasteiger partial charge in [-0.1, -0.05) is 28.1 Å². The molecule has 3 nitrogen and oxygen atoms in total. The van der Waals surface area contributed by atoms with Crippen LogP contribution in [0.4, 0.5) is 4.79 Å². The first kappa shape index (κ1) is 13.0. The van der Waals surface area contributed by atoms with E-state index < -0.39 is 6.09 Å². The average molecular weight is 286 g/mol. The normalized spacial score (nSPS) is 11.2. The van der Waals surface area contributed by atoms with Crippen molar-refractivity contribution >= 4 is 22.0 Å². The molecule has 0 aliphatic rings. The minimum absolute atomic E-state index is 0.390. The van der Waals surface area contributed by atoms with Crippen LogP contribution in [-0.2, 0) is 6.54 Å². The van der Waals surface area contributed by atoms with Crippen molar-refractivity contribution in [3.63, 3.8) is 0 Å². The zero-order chi connectivity index (χ0) is 12.3. The number of benzene rings is 1. The van der Waals surface area contributed by atoms with Crippen molar-refractivity contribution in [2.75, 3.05) is 0 Å². The molecule has 16 heavy (non-hydrogen) atoms. The van der Waals surface area contributed by atoms with Crippen LogP contribution >= 0.6 is 15.9 Å². The molecule has 1 amide bonds. The second-order valence-corrected chi connectivity index (χ2v) is 5.58. The number of carboxylic acid groups (broad SMARTS) is 1. The number of hydrogen-bond donors (Lipinski definition) is 1. The Hall–Kier alpha value is -1.03. The summed E-state index contributed by atoms with van der Waals surface area (Å²) in [5.74, 6) is 0. The molecular formula is C12H16BrNO2. The Morgan fingerprint density at radius 3 is 2.19 bits per heavy atom. The molecule has 88 valence electrons. The van der Waals surface area contributed by atoms with Gasteiger partial charge >= 0.3 is 6.09 Å². The first-order valence-corrected chi connectivity index (χ1v) is 5.85. The third kappa shape index (κ3) is 3.52. The monoisotopic (exact) mass is 285 g/mol. The van der Waals surface area contributed by atoms with E-state index in [1.807, 2.05) is 45.0 Å². The van der Waals surface area contributed by atoms with Crippen molar-refractivity contribution in [2.45, 2.75) is 32.9 Å². The fraction of sp³-hybridized carbons (Fsp3) is 0.417. The number of carbonyl (C=O) groups is 1. The van der Waals surface area contributed by atoms with Crippen molar-refractivity contribution in [2.24, 2.45) is 0 Å². The third-order valence-electron chi connectivity index (χ3n) is 2.29. The number of amides is 1. The topological polar surface area (TPSA) is 40.5 Å². The van der Waals surface area contributed by atoms with E-state index in [1.165, 1.54) is 4.90 Å². The number of halogens is 1. The Kier molecular flexibility index (Phi) is 3.97. The van der Waals surface area contributed by atoms with Gasteiger partial charge in [0.05, 0.1) is 0 Å². The second-order valence-electron chi connectivity index (χ2n) is 4.67. The van der Waals surface area contributed by atoms with Crippen LogP contribution in [0.1, 0.15) is 26.3 Å². The van der Waals surface area contributed by atoms with Crippen LogP contribution in [0, 0.1) is 0 Å². The van der Waals surface area contributed by atoms with Crippen molar-refractivity contribution in [1.29, 1.82) is 0 Å². The maximum Gasteiger partial charge on any atom is 0.408 e. The SMILES string of the molecule is CC(C)(C)N(Cc1ccc(Br)cc1)C(=O)O. The van der Waals surface area contributed by atoms with Gasteiger partial charge < -0.3 is 5.11 Å². The van der Waals surface area contributed by atoms with Gasteiger partial charge in [0.2, 0.25) is 0 Å². The molecule has 4 heteroatoms. The summed E-state index contributed by atoms with van der Waals surface area (Å²) in [6.45, 7) is 6.08. The van der Waals surface area contributed by atoms with Crippen molar-refractivity contribution in [1.82, 2.24) is 4.90 Å². The number of hydrogen-bond acceptors (Lipinski definition) is 1. The van der Waals surface area contributed by atoms with Crippen molar-refractivity contribution in [3.8, 4) is 0 Å². The van der Waals surface area contributed by atoms with Crippen LogP contribution < -0.4 is 0 Å². The lowest BCUT2D eigenvalue weighted by Crippen LogP contribution is -2.44. The molecule has 0 aliphatic heterocycles. The molecule has 0 fully saturated rings. The summed E-state index contributed by atoms with van der Waals surface area (Å²) in [5.41, 5.74) is 0.597. The minimum Gasteiger partial charge on any atom is -0.465 e. The van der Waals surface area contributed by atoms with E-state index in [0.717, 1.165) is 10.0 Å². The van der Waals surface area contributed by atoms with Gasteiger partial charge in [-0.3, -0.25) is 4.90 Å². The van der Waals surface area contributed by atoms with E-state index in [1.54, 1.807) is 0 Å². The highest BCUT2D eigenvalue weighted by Crippen LogP contribution is 2.18. The third-order valence-corrected chi connectivity index (χ3v) is 2.82. The van der Waals surface area contributed by atoms with Gasteiger partial charge in [0, 0.05) is 16.6 Å². The summed E-state index contributed by atoms with van der Waals surface area (Å²) in [6, 6.07) is 7.67. The van der Waals surface area contributed by atoms with E-state index in [-0.39, 0.29) is 5.54 Å². The molecule has 0 atom stereocenters. The maximum atomic E-state index is 11.1. The summed E-state index contributed by atoms with van der Waals surface area (Å²) in [4.78, 5) is 12.6. The highest BCUT2D eigenvalue weighted by molar-refractivity contribution is 9.10. The molecule has 0 saturated heterocycles. The van der Waals surface area contributed by atoms with Crippen molar-refractivity contribution < 1.29 is 9.90 Å². The summed E-state index contributed by atoms with van der Waals surface area (Å²) in [5, 5.41) is 9.14. The lowest BCUT2D eigenvalue weighted by molar-refractivity contribution is 0.0955. The zero-order valence-electron chi connectivity index (χ0n) is 9.70. The molecule has 0 bridgehead atoms. The Labute approximate surface area is 104 Å². The molecule has 1 aromatic carbocycles. The van der Waals surface area contributed by atoms with Gasteiger partial charge in [-0.25, -0.2) is 4.79 Å². The smallest absolute Gasteiger partial charge is 0.408 e. The molecule has 1 aromatic rings. The molecule has 0 aromatic heterocycles. The van der Waals surface area contributed by atoms with E-state index in [0.29, 0.717) is 6.54 Å². The van der Waals surface area contributed by atoms with Gasteiger partial charge in [0.25, 0.3) is 0 Å². The molecule has 0 heterocycles. The molecule has 0 unspecified atom stereocenters. The van der Waals surface area contributed by atoms with Crippen LogP contribution in [0.15, 0.2) is 28.7 Å². The summed E-state index contributed by atoms with van der Waals surface area (Å²) in [7, 11) is 0. The molecule has 0 radical (unpaired) electrons. The van der Waals surface area contributed by atoms with Gasteiger partial charge in [-0.15, -0.1) is 0 Å². The van der Waals surface area contributed by atoms with E-state index in [4.69, 9.17) is 5.11 Å². The van der Waals surface area contributed by atoms with E-state index >= 15 is 0 Å². The zero-order valence-corrected chi connectivity index (χ0v) is 11.3. The Morgan fingerprint density at radius 2 is 1.81 bits per heavy atom. The molecule has 1 N–H and O–H groups in total. The maximum absolute atomic E-state index is 11.1. The standard InChI is InChI=1S/C12H16BrNO2/c1-12(2,3)14(11(15)16)8-9-4-6-10(13)7-5-9/h4-7H,8H2,1-3H3,(H,15,16). The molecule has 0 aliphatic carbocycles. The lowest BCUT2D eigenvalue weighted by atomic mass is 10.1. The largest absolute Gasteiger partial charge is 0.465 e. The van der Waals surface area contributed by atoms with Crippen LogP contribution in [0.2, 0.25) is 0 Å². The van der Waals surface area contributed by atoms with Crippen LogP contribution in [0.25, 0.3) is 0 Å². The highest BCUT2D eigenvalue weighted by atomic mass is 79.9. The van der Waals surface area contributed by atoms with Crippen molar-refractivity contribution in [3.05, 3.63) is 34.3 Å². The van der Waals surface area contributed by atoms with Gasteiger partial charge in [-0.2, -0.15) is 0 Å². The van der Waals surface area contributed by atoms with Gasteiger partial charge in [-0.05, 0) is 38.5 Å². The fourth-order valence-electron chi connectivity index (χ4n) is 1.36. The van der Waals surface area contributed by atoms with Gasteiger partial charge in [0.15, 0.2) is 0 Å². The summed E-state index contributed by atoms with van der Waals surface area (Å²) in [6.07, 6.45) is -0.893.